The highest BCUT2D eigenvalue weighted by Gasteiger charge is 2.25. The molecule has 0 fully saturated rings. The number of nitriles is 2. The average molecular weight is 721 g/mol. The van der Waals surface area contributed by atoms with E-state index in [4.69, 9.17) is 0 Å². The van der Waals surface area contributed by atoms with Crippen LogP contribution in [0.4, 0.5) is 0 Å². The number of pyridine rings is 4. The fourth-order valence-electron chi connectivity index (χ4n) is 7.59. The van der Waals surface area contributed by atoms with Gasteiger partial charge >= 0.3 is 0 Å². The SMILES string of the molecule is N#CC(c1ccc(-n2cnc3cnc4ccc(-c5ccncc5)cc4c32)cc1)C(C#N)c1ccc(-n2cnc3cnc4ccc(-c5ccncc5)cc4c32)cc1. The first-order valence-electron chi connectivity index (χ1n) is 18.0. The van der Waals surface area contributed by atoms with Gasteiger partial charge in [0, 0.05) is 46.9 Å². The van der Waals surface area contributed by atoms with Crippen LogP contribution >= 0.6 is 0 Å². The molecule has 0 aliphatic heterocycles. The molecular weight excluding hydrogens is 693 g/mol. The molecule has 0 amide bonds. The van der Waals surface area contributed by atoms with Gasteiger partial charge in [-0.25, -0.2) is 9.97 Å². The Hall–Kier alpha value is -8.08. The highest BCUT2D eigenvalue weighted by Crippen LogP contribution is 2.36. The van der Waals surface area contributed by atoms with Gasteiger partial charge in [-0.2, -0.15) is 10.5 Å². The number of fused-ring (bicyclic) bond motifs is 6. The van der Waals surface area contributed by atoms with Crippen molar-refractivity contribution in [1.82, 2.24) is 39.0 Å². The Bertz CT molecular complexity index is 2940. The Morgan fingerprint density at radius 3 is 1.23 bits per heavy atom. The molecule has 2 atom stereocenters. The van der Waals surface area contributed by atoms with Crippen molar-refractivity contribution in [2.45, 2.75) is 11.8 Å². The second-order valence-corrected chi connectivity index (χ2v) is 13.5. The van der Waals surface area contributed by atoms with E-state index in [-0.39, 0.29) is 0 Å². The van der Waals surface area contributed by atoms with Crippen LogP contribution in [0.5, 0.6) is 0 Å². The zero-order chi connectivity index (χ0) is 37.6. The monoisotopic (exact) mass is 720 g/mol. The zero-order valence-electron chi connectivity index (χ0n) is 29.6. The Kier molecular flexibility index (Phi) is 7.79. The smallest absolute Gasteiger partial charge is 0.108 e. The molecule has 6 heterocycles. The Labute approximate surface area is 320 Å². The molecule has 2 unspecified atom stereocenters. The van der Waals surface area contributed by atoms with Crippen LogP contribution in [0.1, 0.15) is 23.0 Å². The number of nitrogens with zero attached hydrogens (tertiary/aromatic N) is 10. The van der Waals surface area contributed by atoms with Crippen LogP contribution < -0.4 is 0 Å². The molecule has 6 aromatic heterocycles. The number of benzene rings is 4. The van der Waals surface area contributed by atoms with E-state index < -0.39 is 11.8 Å². The normalized spacial score (nSPS) is 12.5. The minimum absolute atomic E-state index is 0.692. The Morgan fingerprint density at radius 2 is 0.839 bits per heavy atom. The fraction of sp³-hybridized carbons (Fsp3) is 0.0435. The molecule has 0 aliphatic carbocycles. The molecule has 10 rings (SSSR count). The first-order chi connectivity index (χ1) is 27.7. The summed E-state index contributed by atoms with van der Waals surface area (Å²) in [5.41, 5.74) is 12.7. The van der Waals surface area contributed by atoms with Crippen LogP contribution in [-0.2, 0) is 0 Å². The summed E-state index contributed by atoms with van der Waals surface area (Å²) < 4.78 is 4.08. The predicted molar refractivity (Wildman–Crippen MR) is 216 cm³/mol. The van der Waals surface area contributed by atoms with Gasteiger partial charge in [0.25, 0.3) is 0 Å². The van der Waals surface area contributed by atoms with Crippen LogP contribution in [0.15, 0.2) is 159 Å². The topological polar surface area (TPSA) is 135 Å². The molecule has 262 valence electrons. The summed E-state index contributed by atoms with van der Waals surface area (Å²) in [7, 11) is 0. The Balaban J connectivity index is 0.961. The van der Waals surface area contributed by atoms with Crippen LogP contribution in [-0.4, -0.2) is 39.0 Å². The van der Waals surface area contributed by atoms with Crippen LogP contribution in [0.3, 0.4) is 0 Å². The van der Waals surface area contributed by atoms with Crippen LogP contribution in [0, 0.1) is 22.7 Å². The summed E-state index contributed by atoms with van der Waals surface area (Å²) >= 11 is 0. The molecule has 4 aromatic carbocycles. The summed E-state index contributed by atoms with van der Waals surface area (Å²) in [6.45, 7) is 0. The van der Waals surface area contributed by atoms with E-state index in [1.165, 1.54) is 0 Å². The summed E-state index contributed by atoms with van der Waals surface area (Å²) in [5.74, 6) is -1.38. The van der Waals surface area contributed by atoms with Gasteiger partial charge in [-0.1, -0.05) is 36.4 Å². The van der Waals surface area contributed by atoms with Crippen molar-refractivity contribution < 1.29 is 0 Å². The van der Waals surface area contributed by atoms with Crippen molar-refractivity contribution in [2.75, 3.05) is 0 Å². The minimum atomic E-state index is -0.692. The van der Waals surface area contributed by atoms with Gasteiger partial charge in [0.15, 0.2) is 0 Å². The molecule has 0 aliphatic rings. The maximum Gasteiger partial charge on any atom is 0.108 e. The van der Waals surface area contributed by atoms with Crippen molar-refractivity contribution in [3.8, 4) is 45.8 Å². The molecule has 0 saturated carbocycles. The molecule has 10 aromatic rings. The molecule has 10 nitrogen and oxygen atoms in total. The number of hydrogen-bond acceptors (Lipinski definition) is 8. The molecule has 0 radical (unpaired) electrons. The first-order valence-corrected chi connectivity index (χ1v) is 18.0. The number of aromatic nitrogens is 8. The highest BCUT2D eigenvalue weighted by molar-refractivity contribution is 6.05. The Morgan fingerprint density at radius 1 is 0.429 bits per heavy atom. The lowest BCUT2D eigenvalue weighted by Gasteiger charge is -2.18. The lowest BCUT2D eigenvalue weighted by Crippen LogP contribution is -2.09. The molecule has 0 saturated heterocycles. The minimum Gasteiger partial charge on any atom is -0.298 e. The third-order valence-electron chi connectivity index (χ3n) is 10.4. The zero-order valence-corrected chi connectivity index (χ0v) is 29.6. The van der Waals surface area contributed by atoms with Gasteiger partial charge < -0.3 is 0 Å². The predicted octanol–water partition coefficient (Wildman–Crippen LogP) is 9.50. The van der Waals surface area contributed by atoms with Crippen molar-refractivity contribution in [2.24, 2.45) is 0 Å². The first kappa shape index (κ1) is 32.6. The van der Waals surface area contributed by atoms with Crippen LogP contribution in [0.25, 0.3) is 77.5 Å². The van der Waals surface area contributed by atoms with E-state index in [0.717, 1.165) is 88.6 Å². The van der Waals surface area contributed by atoms with Gasteiger partial charge in [0.2, 0.25) is 0 Å². The van der Waals surface area contributed by atoms with E-state index >= 15 is 0 Å². The third-order valence-corrected chi connectivity index (χ3v) is 10.4. The lowest BCUT2D eigenvalue weighted by atomic mass is 9.83. The second-order valence-electron chi connectivity index (χ2n) is 13.5. The molecule has 0 bridgehead atoms. The summed E-state index contributed by atoms with van der Waals surface area (Å²) in [6.07, 6.45) is 14.3. The van der Waals surface area contributed by atoms with E-state index in [9.17, 15) is 10.5 Å². The van der Waals surface area contributed by atoms with E-state index in [2.05, 4.69) is 66.3 Å². The van der Waals surface area contributed by atoms with E-state index in [0.29, 0.717) is 0 Å². The third kappa shape index (κ3) is 5.49. The van der Waals surface area contributed by atoms with Gasteiger partial charge in [-0.15, -0.1) is 0 Å². The summed E-state index contributed by atoms with van der Waals surface area (Å²) in [4.78, 5) is 26.9. The van der Waals surface area contributed by atoms with Crippen molar-refractivity contribution in [3.05, 3.63) is 170 Å². The number of rotatable bonds is 7. The van der Waals surface area contributed by atoms with E-state index in [1.54, 1.807) is 49.8 Å². The fourth-order valence-corrected chi connectivity index (χ4v) is 7.59. The van der Waals surface area contributed by atoms with Gasteiger partial charge in [0.05, 0.1) is 58.4 Å². The average Bonchev–Trinajstić information content (AvgIpc) is 3.92. The van der Waals surface area contributed by atoms with Crippen molar-refractivity contribution >= 4 is 43.9 Å². The van der Waals surface area contributed by atoms with Crippen molar-refractivity contribution in [3.63, 3.8) is 0 Å². The summed E-state index contributed by atoms with van der Waals surface area (Å²) in [6, 6.07) is 40.8. The van der Waals surface area contributed by atoms with Crippen molar-refractivity contribution in [1.29, 1.82) is 10.5 Å². The molecule has 0 spiro atoms. The van der Waals surface area contributed by atoms with Gasteiger partial charge in [-0.3, -0.25) is 29.1 Å². The number of hydrogen-bond donors (Lipinski definition) is 0. The highest BCUT2D eigenvalue weighted by atomic mass is 15.1. The van der Waals surface area contributed by atoms with Gasteiger partial charge in [-0.05, 0) is 106 Å². The summed E-state index contributed by atoms with van der Waals surface area (Å²) in [5, 5.41) is 22.9. The maximum atomic E-state index is 10.5. The molecule has 0 N–H and O–H groups in total. The molecule has 10 heteroatoms. The molecule has 56 heavy (non-hydrogen) atoms. The molecular formula is C46H28N10. The quantitative estimate of drug-likeness (QED) is 0.159. The van der Waals surface area contributed by atoms with E-state index in [1.807, 2.05) is 94.1 Å². The maximum absolute atomic E-state index is 10.5. The van der Waals surface area contributed by atoms with Crippen LogP contribution in [0.2, 0.25) is 0 Å². The lowest BCUT2D eigenvalue weighted by molar-refractivity contribution is 0.760. The largest absolute Gasteiger partial charge is 0.298 e. The number of imidazole rings is 2. The standard InChI is InChI=1S/C46H28N10/c47-23-39(31-1-7-35(8-2-31)55-27-53-43-25-51-41-11-5-33(21-37(41)45(43)55)29-13-17-49-18-14-29)40(24-48)32-3-9-36(10-4-32)56-28-54-44-26-52-42-12-6-34(22-38(42)46(44)56)30-15-19-50-20-16-30/h1-22,25-28,39-40H. The van der Waals surface area contributed by atoms with Gasteiger partial charge in [0.1, 0.15) is 23.7 Å². The second kappa shape index (κ2) is 13.4.